The molecule has 0 aliphatic rings. The van der Waals surface area contributed by atoms with E-state index in [-0.39, 0.29) is 34.7 Å². The second-order valence-corrected chi connectivity index (χ2v) is 5.14. The van der Waals surface area contributed by atoms with Crippen LogP contribution in [-0.2, 0) is 17.1 Å². The second kappa shape index (κ2) is 11.3. The Morgan fingerprint density at radius 1 is 0.607 bits per heavy atom. The Morgan fingerprint density at radius 2 is 0.821 bits per heavy atom. The van der Waals surface area contributed by atoms with Crippen LogP contribution in [0.5, 0.6) is 17.6 Å². The molecule has 13 heteroatoms. The van der Waals surface area contributed by atoms with Crippen LogP contribution in [0, 0.1) is 36.4 Å². The van der Waals surface area contributed by atoms with E-state index in [0.29, 0.717) is 31.3 Å². The third-order valence-electron chi connectivity index (χ3n) is 2.74. The summed E-state index contributed by atoms with van der Waals surface area (Å²) in [5, 5.41) is 57.3. The maximum Gasteiger partial charge on any atom is 0.395 e. The van der Waals surface area contributed by atoms with E-state index in [1.165, 1.54) is 18.6 Å². The van der Waals surface area contributed by atoms with E-state index in [4.69, 9.17) is 15.3 Å². The predicted molar refractivity (Wildman–Crippen MR) is 88.8 cm³/mol. The van der Waals surface area contributed by atoms with Crippen LogP contribution < -0.4 is 14.2 Å². The van der Waals surface area contributed by atoms with E-state index < -0.39 is 0 Å². The van der Waals surface area contributed by atoms with Gasteiger partial charge in [-0.05, 0) is 20.8 Å². The number of aromatic nitrogens is 6. The van der Waals surface area contributed by atoms with Gasteiger partial charge in [0.25, 0.3) is 0 Å². The van der Waals surface area contributed by atoms with Gasteiger partial charge >= 0.3 is 17.6 Å². The fourth-order valence-corrected chi connectivity index (χ4v) is 1.46. The van der Waals surface area contributed by atoms with Gasteiger partial charge in [-0.3, -0.25) is 0 Å². The number of aromatic hydroxyl groups is 3. The monoisotopic (exact) mass is 434 g/mol. The molecule has 3 heterocycles. The minimum atomic E-state index is -0.374. The van der Waals surface area contributed by atoms with Crippen LogP contribution in [0.15, 0.2) is 37.2 Å². The third kappa shape index (κ3) is 8.29. The number of hydrogen-bond donors (Lipinski definition) is 3. The molecule has 0 amide bonds. The van der Waals surface area contributed by atoms with Crippen molar-refractivity contribution >= 4 is 0 Å². The summed E-state index contributed by atoms with van der Waals surface area (Å²) < 4.78 is 1.09. The number of hydrogen-bond acceptors (Lipinski definition) is 9. The van der Waals surface area contributed by atoms with Crippen molar-refractivity contribution in [3.8, 4) is 17.6 Å². The molecule has 0 atom stereocenters. The molecule has 0 aliphatic carbocycles. The zero-order valence-corrected chi connectivity index (χ0v) is 16.2. The molecule has 0 fully saturated rings. The SMILES string of the molecule is Cc1c[n+]([O-])c(O)cn1.Cc1c[n+]([O-])c(O)cn1.Cc1c[n+]([O-])c(O)cn1.[Fe]. The van der Waals surface area contributed by atoms with Crippen molar-refractivity contribution < 1.29 is 46.6 Å². The van der Waals surface area contributed by atoms with E-state index in [1.807, 2.05) is 0 Å². The summed E-state index contributed by atoms with van der Waals surface area (Å²) in [6, 6.07) is 0. The third-order valence-corrected chi connectivity index (χ3v) is 2.74. The Kier molecular flexibility index (Phi) is 9.92. The molecule has 152 valence electrons. The van der Waals surface area contributed by atoms with E-state index in [1.54, 1.807) is 20.8 Å². The van der Waals surface area contributed by atoms with Crippen LogP contribution in [0.25, 0.3) is 0 Å². The molecule has 0 bridgehead atoms. The van der Waals surface area contributed by atoms with Gasteiger partial charge < -0.3 is 30.9 Å². The second-order valence-electron chi connectivity index (χ2n) is 5.14. The molecular weight excluding hydrogens is 416 g/mol. The van der Waals surface area contributed by atoms with E-state index in [2.05, 4.69) is 15.0 Å². The largest absolute Gasteiger partial charge is 0.616 e. The van der Waals surface area contributed by atoms with Crippen LogP contribution in [0.4, 0.5) is 0 Å². The molecule has 0 spiro atoms. The van der Waals surface area contributed by atoms with E-state index in [0.717, 1.165) is 18.6 Å². The summed E-state index contributed by atoms with van der Waals surface area (Å²) in [5.74, 6) is -1.12. The van der Waals surface area contributed by atoms with Crippen molar-refractivity contribution in [2.45, 2.75) is 20.8 Å². The molecule has 3 aromatic rings. The Hall–Kier alpha value is -3.44. The zero-order valence-electron chi connectivity index (χ0n) is 15.1. The summed E-state index contributed by atoms with van der Waals surface area (Å²) in [6.45, 7) is 5.02. The smallest absolute Gasteiger partial charge is 0.395 e. The summed E-state index contributed by atoms with van der Waals surface area (Å²) in [5.41, 5.74) is 1.76. The van der Waals surface area contributed by atoms with Gasteiger partial charge in [-0.25, -0.2) is 15.0 Å². The molecule has 0 unspecified atom stereocenters. The Bertz CT molecular complexity index is 797. The van der Waals surface area contributed by atoms with Crippen molar-refractivity contribution in [2.24, 2.45) is 0 Å². The van der Waals surface area contributed by atoms with Crippen LogP contribution in [0.3, 0.4) is 0 Å². The van der Waals surface area contributed by atoms with Crippen molar-refractivity contribution in [1.82, 2.24) is 15.0 Å². The maximum absolute atomic E-state index is 10.5. The zero-order chi connectivity index (χ0) is 20.6. The quantitative estimate of drug-likeness (QED) is 0.232. The molecule has 3 aromatic heterocycles. The molecule has 3 rings (SSSR count). The van der Waals surface area contributed by atoms with Gasteiger partial charge in [-0.1, -0.05) is 0 Å². The number of aryl methyl sites for hydroxylation is 3. The van der Waals surface area contributed by atoms with E-state index in [9.17, 15) is 15.6 Å². The average molecular weight is 434 g/mol. The summed E-state index contributed by atoms with van der Waals surface area (Å²) in [7, 11) is 0. The topological polar surface area (TPSA) is 180 Å². The standard InChI is InChI=1S/3C5H6N2O2.Fe/c3*1-4-3-7(9)5(8)2-6-4;/h3*2-3,8H,1H3;. The van der Waals surface area contributed by atoms with Gasteiger partial charge in [0.1, 0.15) is 35.7 Å². The van der Waals surface area contributed by atoms with Gasteiger partial charge in [-0.2, -0.15) is 0 Å². The van der Waals surface area contributed by atoms with Gasteiger partial charge in [0.2, 0.25) is 18.6 Å². The van der Waals surface area contributed by atoms with Crippen LogP contribution in [-0.4, -0.2) is 30.3 Å². The Labute approximate surface area is 170 Å². The van der Waals surface area contributed by atoms with Gasteiger partial charge in [-0.15, -0.1) is 14.2 Å². The molecule has 0 saturated carbocycles. The molecule has 28 heavy (non-hydrogen) atoms. The maximum atomic E-state index is 10.5. The minimum absolute atomic E-state index is 0. The molecular formula is C15H18FeN6O6. The van der Waals surface area contributed by atoms with Crippen LogP contribution in [0.2, 0.25) is 0 Å². The first kappa shape index (κ1) is 24.6. The van der Waals surface area contributed by atoms with Crippen molar-refractivity contribution in [2.75, 3.05) is 0 Å². The van der Waals surface area contributed by atoms with Crippen LogP contribution >= 0.6 is 0 Å². The summed E-state index contributed by atoms with van der Waals surface area (Å²) >= 11 is 0. The van der Waals surface area contributed by atoms with Crippen molar-refractivity contribution in [3.05, 3.63) is 69.9 Å². The Balaban J connectivity index is 0.000000384. The number of nitrogens with zero attached hydrogens (tertiary/aromatic N) is 6. The van der Waals surface area contributed by atoms with Gasteiger partial charge in [0.15, 0.2) is 0 Å². The minimum Gasteiger partial charge on any atom is -0.616 e. The normalized spacial score (nSPS) is 9.11. The van der Waals surface area contributed by atoms with Gasteiger partial charge in [0, 0.05) is 17.1 Å². The first-order chi connectivity index (χ1) is 12.6. The Morgan fingerprint density at radius 3 is 0.964 bits per heavy atom. The molecule has 3 N–H and O–H groups in total. The average Bonchev–Trinajstić information content (AvgIpc) is 2.60. The first-order valence-corrected chi connectivity index (χ1v) is 7.34. The molecule has 12 nitrogen and oxygen atoms in total. The molecule has 0 aliphatic heterocycles. The van der Waals surface area contributed by atoms with Crippen LogP contribution in [0.1, 0.15) is 17.1 Å². The fraction of sp³-hybridized carbons (Fsp3) is 0.200. The summed E-state index contributed by atoms with van der Waals surface area (Å²) in [4.78, 5) is 11.0. The van der Waals surface area contributed by atoms with Crippen molar-refractivity contribution in [1.29, 1.82) is 0 Å². The predicted octanol–water partition coefficient (Wildman–Crippen LogP) is -0.815. The fourth-order valence-electron chi connectivity index (χ4n) is 1.46. The molecule has 0 radical (unpaired) electrons. The summed E-state index contributed by atoms with van der Waals surface area (Å²) in [6.07, 6.45) is 6.95. The number of rotatable bonds is 0. The van der Waals surface area contributed by atoms with Gasteiger partial charge in [0.05, 0.1) is 0 Å². The molecule has 0 aromatic carbocycles. The van der Waals surface area contributed by atoms with Crippen molar-refractivity contribution in [3.63, 3.8) is 0 Å². The first-order valence-electron chi connectivity index (χ1n) is 7.34. The van der Waals surface area contributed by atoms with E-state index >= 15 is 0 Å². The molecule has 0 saturated heterocycles.